The molecule has 0 aliphatic carbocycles. The van der Waals surface area contributed by atoms with E-state index in [2.05, 4.69) is 22.0 Å². The highest BCUT2D eigenvalue weighted by molar-refractivity contribution is 7.13. The third kappa shape index (κ3) is 3.97. The molecule has 8 heteroatoms. The van der Waals surface area contributed by atoms with Gasteiger partial charge in [0.2, 0.25) is 11.8 Å². The molecule has 1 fully saturated rings. The number of carbonyl (C=O) groups is 1. The molecule has 4 rings (SSSR count). The zero-order chi connectivity index (χ0) is 19.7. The number of hydrogen-bond acceptors (Lipinski definition) is 6. The molecule has 3 aromatic rings. The monoisotopic (exact) mass is 416 g/mol. The second-order valence-corrected chi connectivity index (χ2v) is 8.59. The van der Waals surface area contributed by atoms with Gasteiger partial charge >= 0.3 is 0 Å². The highest BCUT2D eigenvalue weighted by atomic mass is 35.5. The smallest absolute Gasteiger partial charge is 0.264 e. The summed E-state index contributed by atoms with van der Waals surface area (Å²) in [6.45, 7) is 6.99. The number of aromatic nitrogens is 2. The molecule has 0 radical (unpaired) electrons. The SMILES string of the molecule is Cc1ccc(C(=O)N2CCN(C(C)c3nnc(-c4cccc(Cl)c4)o3)CC2)s1. The third-order valence-electron chi connectivity index (χ3n) is 4.97. The van der Waals surface area contributed by atoms with E-state index in [4.69, 9.17) is 16.0 Å². The summed E-state index contributed by atoms with van der Waals surface area (Å²) < 4.78 is 5.88. The molecule has 0 N–H and O–H groups in total. The molecule has 1 aliphatic rings. The fraction of sp³-hybridized carbons (Fsp3) is 0.350. The maximum atomic E-state index is 12.6. The van der Waals surface area contributed by atoms with Crippen LogP contribution < -0.4 is 0 Å². The molecule has 3 heterocycles. The molecule has 0 saturated carbocycles. The van der Waals surface area contributed by atoms with Gasteiger partial charge in [0.15, 0.2) is 0 Å². The molecular weight excluding hydrogens is 396 g/mol. The van der Waals surface area contributed by atoms with E-state index in [0.29, 0.717) is 29.9 Å². The van der Waals surface area contributed by atoms with Crippen LogP contribution in [-0.4, -0.2) is 52.1 Å². The van der Waals surface area contributed by atoms with Crippen molar-refractivity contribution in [1.82, 2.24) is 20.0 Å². The lowest BCUT2D eigenvalue weighted by Crippen LogP contribution is -2.49. The minimum atomic E-state index is -0.0123. The standard InChI is InChI=1S/C20H21ClN4O2S/c1-13-6-7-17(28-13)20(26)25-10-8-24(9-11-25)14(2)18-22-23-19(27-18)15-4-3-5-16(21)12-15/h3-7,12,14H,8-11H2,1-2H3. The van der Waals surface area contributed by atoms with Gasteiger partial charge in [-0.1, -0.05) is 17.7 Å². The number of hydrogen-bond donors (Lipinski definition) is 0. The van der Waals surface area contributed by atoms with Gasteiger partial charge in [-0.3, -0.25) is 9.69 Å². The Balaban J connectivity index is 1.39. The van der Waals surface area contributed by atoms with Crippen LogP contribution in [0.2, 0.25) is 5.02 Å². The van der Waals surface area contributed by atoms with Gasteiger partial charge in [-0.15, -0.1) is 21.5 Å². The summed E-state index contributed by atoms with van der Waals surface area (Å²) in [4.78, 5) is 18.8. The predicted octanol–water partition coefficient (Wildman–Crippen LogP) is 4.28. The number of benzene rings is 1. The number of halogens is 1. The number of nitrogens with zero attached hydrogens (tertiary/aromatic N) is 4. The number of amides is 1. The van der Waals surface area contributed by atoms with Crippen molar-refractivity contribution in [3.8, 4) is 11.5 Å². The zero-order valence-corrected chi connectivity index (χ0v) is 17.3. The van der Waals surface area contributed by atoms with Gasteiger partial charge in [0.05, 0.1) is 10.9 Å². The highest BCUT2D eigenvalue weighted by Crippen LogP contribution is 2.26. The molecule has 1 saturated heterocycles. The lowest BCUT2D eigenvalue weighted by atomic mass is 10.2. The van der Waals surface area contributed by atoms with Gasteiger partial charge in [-0.05, 0) is 44.2 Å². The van der Waals surface area contributed by atoms with Crippen molar-refractivity contribution < 1.29 is 9.21 Å². The van der Waals surface area contributed by atoms with Gasteiger partial charge in [-0.25, -0.2) is 0 Å². The first-order valence-electron chi connectivity index (χ1n) is 9.20. The van der Waals surface area contributed by atoms with Gasteiger partial charge in [0.25, 0.3) is 5.91 Å². The van der Waals surface area contributed by atoms with Crippen LogP contribution in [0.25, 0.3) is 11.5 Å². The van der Waals surface area contributed by atoms with Crippen LogP contribution in [0.5, 0.6) is 0 Å². The number of piperazine rings is 1. The van der Waals surface area contributed by atoms with E-state index in [0.717, 1.165) is 28.4 Å². The molecule has 1 atom stereocenters. The Labute approximate surface area is 172 Å². The Hall–Kier alpha value is -2.22. The Bertz CT molecular complexity index is 978. The first kappa shape index (κ1) is 19.1. The molecule has 28 heavy (non-hydrogen) atoms. The summed E-state index contributed by atoms with van der Waals surface area (Å²) in [7, 11) is 0. The fourth-order valence-corrected chi connectivity index (χ4v) is 4.34. The third-order valence-corrected chi connectivity index (χ3v) is 6.19. The summed E-state index contributed by atoms with van der Waals surface area (Å²) in [6.07, 6.45) is 0. The predicted molar refractivity (Wildman–Crippen MR) is 110 cm³/mol. The van der Waals surface area contributed by atoms with Crippen molar-refractivity contribution in [3.05, 3.63) is 57.1 Å². The largest absolute Gasteiger partial charge is 0.419 e. The van der Waals surface area contributed by atoms with Crippen LogP contribution in [0, 0.1) is 6.92 Å². The molecule has 0 bridgehead atoms. The molecule has 1 aliphatic heterocycles. The Morgan fingerprint density at radius 2 is 1.96 bits per heavy atom. The Morgan fingerprint density at radius 1 is 1.18 bits per heavy atom. The number of thiophene rings is 1. The van der Waals surface area contributed by atoms with Crippen molar-refractivity contribution in [2.75, 3.05) is 26.2 Å². The topological polar surface area (TPSA) is 62.5 Å². The molecule has 1 aromatic carbocycles. The van der Waals surface area contributed by atoms with Crippen LogP contribution >= 0.6 is 22.9 Å². The summed E-state index contributed by atoms with van der Waals surface area (Å²) in [5.41, 5.74) is 0.806. The highest BCUT2D eigenvalue weighted by Gasteiger charge is 2.28. The number of carbonyl (C=O) groups excluding carboxylic acids is 1. The van der Waals surface area contributed by atoms with E-state index in [-0.39, 0.29) is 11.9 Å². The minimum absolute atomic E-state index is 0.0123. The Kier molecular flexibility index (Phi) is 5.48. The van der Waals surface area contributed by atoms with E-state index in [9.17, 15) is 4.79 Å². The van der Waals surface area contributed by atoms with Crippen molar-refractivity contribution in [3.63, 3.8) is 0 Å². The van der Waals surface area contributed by atoms with E-state index in [1.807, 2.05) is 42.2 Å². The summed E-state index contributed by atoms with van der Waals surface area (Å²) >= 11 is 7.59. The molecule has 2 aromatic heterocycles. The van der Waals surface area contributed by atoms with E-state index < -0.39 is 0 Å². The molecular formula is C20H21ClN4O2S. The molecule has 6 nitrogen and oxygen atoms in total. The van der Waals surface area contributed by atoms with Crippen LogP contribution in [0.1, 0.15) is 33.4 Å². The quantitative estimate of drug-likeness (QED) is 0.635. The van der Waals surface area contributed by atoms with E-state index in [1.165, 1.54) is 0 Å². The average molecular weight is 417 g/mol. The van der Waals surface area contributed by atoms with Crippen LogP contribution in [0.15, 0.2) is 40.8 Å². The summed E-state index contributed by atoms with van der Waals surface area (Å²) in [5.74, 6) is 1.15. The van der Waals surface area contributed by atoms with Gasteiger partial charge < -0.3 is 9.32 Å². The van der Waals surface area contributed by atoms with Gasteiger partial charge in [-0.2, -0.15) is 0 Å². The van der Waals surface area contributed by atoms with Crippen molar-refractivity contribution in [2.45, 2.75) is 19.9 Å². The van der Waals surface area contributed by atoms with Crippen molar-refractivity contribution in [1.29, 1.82) is 0 Å². The van der Waals surface area contributed by atoms with Crippen molar-refractivity contribution >= 4 is 28.8 Å². The number of aryl methyl sites for hydroxylation is 1. The lowest BCUT2D eigenvalue weighted by Gasteiger charge is -2.36. The van der Waals surface area contributed by atoms with Gasteiger partial charge in [0, 0.05) is 41.6 Å². The first-order valence-corrected chi connectivity index (χ1v) is 10.4. The maximum absolute atomic E-state index is 12.6. The summed E-state index contributed by atoms with van der Waals surface area (Å²) in [5, 5.41) is 9.02. The maximum Gasteiger partial charge on any atom is 0.264 e. The Morgan fingerprint density at radius 3 is 2.64 bits per heavy atom. The normalized spacial score (nSPS) is 16.3. The summed E-state index contributed by atoms with van der Waals surface area (Å²) in [6, 6.07) is 11.3. The van der Waals surface area contributed by atoms with Crippen LogP contribution in [-0.2, 0) is 0 Å². The van der Waals surface area contributed by atoms with Crippen LogP contribution in [0.4, 0.5) is 0 Å². The van der Waals surface area contributed by atoms with E-state index >= 15 is 0 Å². The minimum Gasteiger partial charge on any atom is -0.419 e. The second-order valence-electron chi connectivity index (χ2n) is 6.87. The molecule has 1 unspecified atom stereocenters. The van der Waals surface area contributed by atoms with Crippen LogP contribution in [0.3, 0.4) is 0 Å². The van der Waals surface area contributed by atoms with Gasteiger partial charge in [0.1, 0.15) is 0 Å². The molecule has 146 valence electrons. The second kappa shape index (κ2) is 8.03. The number of rotatable bonds is 4. The zero-order valence-electron chi connectivity index (χ0n) is 15.8. The van der Waals surface area contributed by atoms with E-state index in [1.54, 1.807) is 17.4 Å². The average Bonchev–Trinajstić information content (AvgIpc) is 3.36. The molecule has 0 spiro atoms. The fourth-order valence-electron chi connectivity index (χ4n) is 3.32. The van der Waals surface area contributed by atoms with Crippen molar-refractivity contribution in [2.24, 2.45) is 0 Å². The first-order chi connectivity index (χ1) is 13.5. The molecule has 1 amide bonds. The lowest BCUT2D eigenvalue weighted by molar-refractivity contribution is 0.0563.